The number of carbonyl (C=O) groups excluding carboxylic acids is 1. The largest absolute Gasteiger partial charge is 0.281 e. The van der Waals surface area contributed by atoms with Gasteiger partial charge in [-0.05, 0) is 18.9 Å². The molecule has 2 aromatic rings. The number of rotatable bonds is 5. The van der Waals surface area contributed by atoms with Gasteiger partial charge in [0.2, 0.25) is 5.91 Å². The molecule has 2 heterocycles. The molecule has 0 atom stereocenters. The monoisotopic (exact) mass is 288 g/mol. The lowest BCUT2D eigenvalue weighted by Gasteiger charge is -2.17. The molecule has 1 aliphatic carbocycles. The third kappa shape index (κ3) is 3.02. The van der Waals surface area contributed by atoms with Gasteiger partial charge in [0.05, 0.1) is 22.6 Å². The molecular formula is C14H16N4OS. The van der Waals surface area contributed by atoms with E-state index in [-0.39, 0.29) is 11.8 Å². The molecule has 1 amide bonds. The zero-order valence-corrected chi connectivity index (χ0v) is 12.1. The highest BCUT2D eigenvalue weighted by atomic mass is 32.1. The first-order valence-electron chi connectivity index (χ1n) is 6.59. The minimum absolute atomic E-state index is 0.172. The third-order valence-electron chi connectivity index (χ3n) is 3.30. The number of amides is 1. The first kappa shape index (κ1) is 13.2. The van der Waals surface area contributed by atoms with Crippen LogP contribution in [-0.2, 0) is 11.3 Å². The van der Waals surface area contributed by atoms with Crippen LogP contribution >= 0.6 is 11.3 Å². The molecule has 1 fully saturated rings. The summed E-state index contributed by atoms with van der Waals surface area (Å²) in [6, 6.07) is 4.00. The van der Waals surface area contributed by atoms with Crippen molar-refractivity contribution in [2.24, 2.45) is 5.92 Å². The molecule has 0 saturated heterocycles. The van der Waals surface area contributed by atoms with Gasteiger partial charge in [0.15, 0.2) is 0 Å². The lowest BCUT2D eigenvalue weighted by Crippen LogP contribution is -2.40. The number of hydrogen-bond donors (Lipinski definition) is 1. The molecule has 0 radical (unpaired) electrons. The molecule has 2 aromatic heterocycles. The molecule has 6 heteroatoms. The molecule has 20 heavy (non-hydrogen) atoms. The van der Waals surface area contributed by atoms with Crippen LogP contribution in [0.15, 0.2) is 30.0 Å². The Hall–Kier alpha value is -1.79. The van der Waals surface area contributed by atoms with E-state index in [1.165, 1.54) is 0 Å². The fourth-order valence-corrected chi connectivity index (χ4v) is 2.53. The Bertz CT molecular complexity index is 578. The minimum atomic E-state index is 0.172. The van der Waals surface area contributed by atoms with Gasteiger partial charge in [-0.2, -0.15) is 0 Å². The minimum Gasteiger partial charge on any atom is -0.281 e. The second-order valence-corrected chi connectivity index (χ2v) is 5.80. The fourth-order valence-electron chi connectivity index (χ4n) is 1.91. The van der Waals surface area contributed by atoms with Crippen molar-refractivity contribution in [1.82, 2.24) is 20.4 Å². The Morgan fingerprint density at radius 3 is 2.90 bits per heavy atom. The summed E-state index contributed by atoms with van der Waals surface area (Å²) in [6.07, 6.45) is 5.72. The van der Waals surface area contributed by atoms with Crippen LogP contribution in [0.3, 0.4) is 0 Å². The van der Waals surface area contributed by atoms with Gasteiger partial charge in [-0.25, -0.2) is 5.43 Å². The number of carbonyl (C=O) groups is 1. The van der Waals surface area contributed by atoms with Crippen molar-refractivity contribution in [3.63, 3.8) is 0 Å². The summed E-state index contributed by atoms with van der Waals surface area (Å²) in [7, 11) is 1.77. The number of nitrogens with zero attached hydrogens (tertiary/aromatic N) is 3. The van der Waals surface area contributed by atoms with E-state index in [9.17, 15) is 4.79 Å². The highest BCUT2D eigenvalue weighted by Crippen LogP contribution is 2.30. The normalized spacial score (nSPS) is 14.2. The summed E-state index contributed by atoms with van der Waals surface area (Å²) >= 11 is 1.59. The first-order valence-corrected chi connectivity index (χ1v) is 7.47. The van der Waals surface area contributed by atoms with Gasteiger partial charge >= 0.3 is 0 Å². The SMILES string of the molecule is CN(NCc1ccc(-c2cncs2)cn1)C(=O)C1CC1. The van der Waals surface area contributed by atoms with Crippen LogP contribution in [0, 0.1) is 5.92 Å². The van der Waals surface area contributed by atoms with Crippen molar-refractivity contribution in [3.8, 4) is 10.4 Å². The van der Waals surface area contributed by atoms with Crippen LogP contribution in [0.4, 0.5) is 0 Å². The molecule has 0 unspecified atom stereocenters. The zero-order valence-electron chi connectivity index (χ0n) is 11.2. The van der Waals surface area contributed by atoms with E-state index in [0.717, 1.165) is 29.0 Å². The fraction of sp³-hybridized carbons (Fsp3) is 0.357. The van der Waals surface area contributed by atoms with Crippen molar-refractivity contribution in [2.75, 3.05) is 7.05 Å². The Morgan fingerprint density at radius 1 is 1.45 bits per heavy atom. The van der Waals surface area contributed by atoms with Gasteiger partial charge < -0.3 is 0 Å². The highest BCUT2D eigenvalue weighted by molar-refractivity contribution is 7.13. The smallest absolute Gasteiger partial charge is 0.239 e. The third-order valence-corrected chi connectivity index (χ3v) is 4.12. The second-order valence-electron chi connectivity index (χ2n) is 4.91. The molecule has 1 N–H and O–H groups in total. The number of aromatic nitrogens is 2. The molecule has 1 aliphatic rings. The van der Waals surface area contributed by atoms with Crippen LogP contribution in [0.2, 0.25) is 0 Å². The summed E-state index contributed by atoms with van der Waals surface area (Å²) in [5.41, 5.74) is 6.87. The van der Waals surface area contributed by atoms with Gasteiger partial charge in [-0.3, -0.25) is 19.8 Å². The van der Waals surface area contributed by atoms with E-state index in [1.54, 1.807) is 23.4 Å². The average molecular weight is 288 g/mol. The van der Waals surface area contributed by atoms with Crippen molar-refractivity contribution < 1.29 is 4.79 Å². The quantitative estimate of drug-likeness (QED) is 0.856. The maximum Gasteiger partial charge on any atom is 0.239 e. The molecule has 5 nitrogen and oxygen atoms in total. The summed E-state index contributed by atoms with van der Waals surface area (Å²) in [5, 5.41) is 1.58. The summed E-state index contributed by atoms with van der Waals surface area (Å²) in [6.45, 7) is 0.554. The van der Waals surface area contributed by atoms with E-state index in [0.29, 0.717) is 6.54 Å². The first-order chi connectivity index (χ1) is 9.74. The van der Waals surface area contributed by atoms with Crippen molar-refractivity contribution >= 4 is 17.2 Å². The number of hydrazine groups is 1. The molecule has 1 saturated carbocycles. The van der Waals surface area contributed by atoms with E-state index < -0.39 is 0 Å². The van der Waals surface area contributed by atoms with E-state index in [4.69, 9.17) is 0 Å². The summed E-state index contributed by atoms with van der Waals surface area (Å²) < 4.78 is 0. The van der Waals surface area contributed by atoms with Crippen LogP contribution in [0.25, 0.3) is 10.4 Å². The Morgan fingerprint density at radius 2 is 2.30 bits per heavy atom. The average Bonchev–Trinajstić information content (AvgIpc) is 3.19. The van der Waals surface area contributed by atoms with Gasteiger partial charge in [0, 0.05) is 30.9 Å². The van der Waals surface area contributed by atoms with Gasteiger partial charge in [-0.1, -0.05) is 6.07 Å². The molecule has 104 valence electrons. The Labute approximate surface area is 121 Å². The molecule has 0 aliphatic heterocycles. The van der Waals surface area contributed by atoms with Crippen molar-refractivity contribution in [2.45, 2.75) is 19.4 Å². The number of thiazole rings is 1. The predicted octanol–water partition coefficient (Wildman–Crippen LogP) is 2.08. The lowest BCUT2D eigenvalue weighted by molar-refractivity contribution is -0.134. The maximum absolute atomic E-state index is 11.8. The number of pyridine rings is 1. The van der Waals surface area contributed by atoms with Crippen LogP contribution < -0.4 is 5.43 Å². The van der Waals surface area contributed by atoms with Gasteiger partial charge in [-0.15, -0.1) is 11.3 Å². The maximum atomic E-state index is 11.8. The number of nitrogens with one attached hydrogen (secondary N) is 1. The van der Waals surface area contributed by atoms with Crippen LogP contribution in [0.1, 0.15) is 18.5 Å². The predicted molar refractivity (Wildman–Crippen MR) is 77.7 cm³/mol. The topological polar surface area (TPSA) is 58.1 Å². The van der Waals surface area contributed by atoms with Crippen molar-refractivity contribution in [3.05, 3.63) is 35.7 Å². The summed E-state index contributed by atoms with van der Waals surface area (Å²) in [5.74, 6) is 0.403. The molecular weight excluding hydrogens is 272 g/mol. The summed E-state index contributed by atoms with van der Waals surface area (Å²) in [4.78, 5) is 21.3. The molecule has 3 rings (SSSR count). The standard InChI is InChI=1S/C14H16N4OS/c1-18(14(19)10-2-3-10)17-7-12-5-4-11(6-16-12)13-8-15-9-20-13/h4-6,8-10,17H,2-3,7H2,1H3. The Balaban J connectivity index is 1.56. The van der Waals surface area contributed by atoms with E-state index >= 15 is 0 Å². The second kappa shape index (κ2) is 5.68. The van der Waals surface area contributed by atoms with E-state index in [2.05, 4.69) is 15.4 Å². The zero-order chi connectivity index (χ0) is 13.9. The Kier molecular flexibility index (Phi) is 3.75. The van der Waals surface area contributed by atoms with Crippen LogP contribution in [-0.4, -0.2) is 27.9 Å². The number of hydrogen-bond acceptors (Lipinski definition) is 5. The van der Waals surface area contributed by atoms with Crippen molar-refractivity contribution in [1.29, 1.82) is 0 Å². The lowest BCUT2D eigenvalue weighted by atomic mass is 10.2. The van der Waals surface area contributed by atoms with Gasteiger partial charge in [0.25, 0.3) is 0 Å². The van der Waals surface area contributed by atoms with Crippen LogP contribution in [0.5, 0.6) is 0 Å². The molecule has 0 spiro atoms. The van der Waals surface area contributed by atoms with Gasteiger partial charge in [0.1, 0.15) is 0 Å². The molecule has 0 bridgehead atoms. The highest BCUT2D eigenvalue weighted by Gasteiger charge is 2.31. The van der Waals surface area contributed by atoms with E-state index in [1.807, 2.05) is 30.0 Å². The molecule has 0 aromatic carbocycles.